The van der Waals surface area contributed by atoms with Gasteiger partial charge in [-0.25, -0.2) is 0 Å². The van der Waals surface area contributed by atoms with E-state index in [1.54, 1.807) is 0 Å². The van der Waals surface area contributed by atoms with Crippen molar-refractivity contribution >= 4 is 21.8 Å². The fourth-order valence-electron chi connectivity index (χ4n) is 4.17. The van der Waals surface area contributed by atoms with Crippen molar-refractivity contribution in [3.8, 4) is 0 Å². The molecule has 1 aromatic heterocycles. The first kappa shape index (κ1) is 15.7. The molecule has 0 bridgehead atoms. The molecule has 1 unspecified atom stereocenters. The fraction of sp³-hybridized carbons (Fsp3) is 0.429. The molecular weight excluding hydrogens is 296 g/mol. The van der Waals surface area contributed by atoms with Crippen LogP contribution in [0.1, 0.15) is 19.8 Å². The lowest BCUT2D eigenvalue weighted by atomic mass is 9.81. The number of aromatic nitrogens is 1. The molecule has 126 valence electrons. The number of hydrogen-bond acceptors (Lipinski definition) is 2. The number of hydrogen-bond donors (Lipinski definition) is 1. The van der Waals surface area contributed by atoms with Gasteiger partial charge in [0.2, 0.25) is 0 Å². The SMILES string of the molecule is CC1CC(N(C)CC(O)Cn2c3ccccc3c3ccccc32)C1. The van der Waals surface area contributed by atoms with Crippen LogP contribution in [-0.4, -0.2) is 40.3 Å². The second-order valence-corrected chi connectivity index (χ2v) is 7.47. The summed E-state index contributed by atoms with van der Waals surface area (Å²) in [7, 11) is 2.14. The Morgan fingerprint density at radius 3 is 2.12 bits per heavy atom. The van der Waals surface area contributed by atoms with Crippen LogP contribution < -0.4 is 0 Å². The number of benzene rings is 2. The summed E-state index contributed by atoms with van der Waals surface area (Å²) in [5.74, 6) is 0.840. The Morgan fingerprint density at radius 2 is 1.58 bits per heavy atom. The minimum atomic E-state index is -0.356. The Balaban J connectivity index is 1.59. The van der Waals surface area contributed by atoms with Crippen molar-refractivity contribution in [2.24, 2.45) is 5.92 Å². The highest BCUT2D eigenvalue weighted by Gasteiger charge is 2.29. The third-order valence-corrected chi connectivity index (χ3v) is 5.54. The third-order valence-electron chi connectivity index (χ3n) is 5.54. The maximum atomic E-state index is 10.7. The summed E-state index contributed by atoms with van der Waals surface area (Å²) >= 11 is 0. The highest BCUT2D eigenvalue weighted by atomic mass is 16.3. The lowest BCUT2D eigenvalue weighted by Crippen LogP contribution is -2.45. The van der Waals surface area contributed by atoms with Crippen LogP contribution >= 0.6 is 0 Å². The van der Waals surface area contributed by atoms with Crippen LogP contribution in [0.15, 0.2) is 48.5 Å². The predicted octanol–water partition coefficient (Wildman–Crippen LogP) is 3.89. The second kappa shape index (κ2) is 6.23. The van der Waals surface area contributed by atoms with Gasteiger partial charge in [-0.15, -0.1) is 0 Å². The fourth-order valence-corrected chi connectivity index (χ4v) is 4.17. The summed E-state index contributed by atoms with van der Waals surface area (Å²) in [6.45, 7) is 3.68. The molecule has 3 nitrogen and oxygen atoms in total. The number of para-hydroxylation sites is 2. The normalized spacial score (nSPS) is 22.2. The van der Waals surface area contributed by atoms with E-state index in [0.29, 0.717) is 12.6 Å². The number of aliphatic hydroxyl groups excluding tert-OH is 1. The maximum absolute atomic E-state index is 10.7. The van der Waals surface area contributed by atoms with Crippen LogP contribution in [0.3, 0.4) is 0 Å². The van der Waals surface area contributed by atoms with Crippen molar-refractivity contribution in [2.45, 2.75) is 38.5 Å². The first-order valence-corrected chi connectivity index (χ1v) is 8.97. The van der Waals surface area contributed by atoms with Crippen molar-refractivity contribution in [1.82, 2.24) is 9.47 Å². The summed E-state index contributed by atoms with van der Waals surface area (Å²) < 4.78 is 2.27. The van der Waals surface area contributed by atoms with Gasteiger partial charge >= 0.3 is 0 Å². The van der Waals surface area contributed by atoms with E-state index in [2.05, 4.69) is 72.0 Å². The molecule has 3 aromatic rings. The minimum Gasteiger partial charge on any atom is -0.390 e. The lowest BCUT2D eigenvalue weighted by molar-refractivity contribution is 0.0502. The highest BCUT2D eigenvalue weighted by molar-refractivity contribution is 6.07. The van der Waals surface area contributed by atoms with E-state index in [0.717, 1.165) is 12.5 Å². The van der Waals surface area contributed by atoms with Crippen LogP contribution in [0.5, 0.6) is 0 Å². The zero-order valence-corrected chi connectivity index (χ0v) is 14.5. The standard InChI is InChI=1S/C21H26N2O/c1-15-11-16(12-15)22(2)13-17(24)14-23-20-9-5-3-7-18(20)19-8-4-6-10-21(19)23/h3-10,15-17,24H,11-14H2,1-2H3. The minimum absolute atomic E-state index is 0.356. The molecule has 1 saturated carbocycles. The molecule has 0 spiro atoms. The average Bonchev–Trinajstić information content (AvgIpc) is 2.86. The molecule has 0 radical (unpaired) electrons. The second-order valence-electron chi connectivity index (χ2n) is 7.47. The van der Waals surface area contributed by atoms with Crippen molar-refractivity contribution in [3.05, 3.63) is 48.5 Å². The largest absolute Gasteiger partial charge is 0.390 e. The van der Waals surface area contributed by atoms with Gasteiger partial charge in [-0.2, -0.15) is 0 Å². The van der Waals surface area contributed by atoms with Crippen LogP contribution in [0.4, 0.5) is 0 Å². The van der Waals surface area contributed by atoms with Crippen LogP contribution in [0, 0.1) is 5.92 Å². The van der Waals surface area contributed by atoms with Crippen LogP contribution in [-0.2, 0) is 6.54 Å². The third kappa shape index (κ3) is 2.72. The van der Waals surface area contributed by atoms with E-state index in [1.807, 2.05) is 0 Å². The van der Waals surface area contributed by atoms with Gasteiger partial charge in [-0.05, 0) is 37.9 Å². The van der Waals surface area contributed by atoms with Crippen LogP contribution in [0.2, 0.25) is 0 Å². The Bertz CT molecular complexity index is 794. The highest BCUT2D eigenvalue weighted by Crippen LogP contribution is 2.31. The monoisotopic (exact) mass is 322 g/mol. The Morgan fingerprint density at radius 1 is 1.04 bits per heavy atom. The molecule has 1 aliphatic rings. The molecule has 24 heavy (non-hydrogen) atoms. The topological polar surface area (TPSA) is 28.4 Å². The van der Waals surface area contributed by atoms with Gasteiger partial charge in [0.1, 0.15) is 0 Å². The number of rotatable bonds is 5. The summed E-state index contributed by atoms with van der Waals surface area (Å²) in [5, 5.41) is 13.2. The molecule has 3 heteroatoms. The first-order chi connectivity index (χ1) is 11.6. The molecule has 1 heterocycles. The van der Waals surface area contributed by atoms with Crippen molar-refractivity contribution in [2.75, 3.05) is 13.6 Å². The van der Waals surface area contributed by atoms with Gasteiger partial charge < -0.3 is 14.6 Å². The molecule has 0 aliphatic heterocycles. The molecule has 0 amide bonds. The lowest BCUT2D eigenvalue weighted by Gasteiger charge is -2.40. The van der Waals surface area contributed by atoms with E-state index in [1.165, 1.54) is 34.6 Å². The van der Waals surface area contributed by atoms with E-state index in [-0.39, 0.29) is 6.10 Å². The smallest absolute Gasteiger partial charge is 0.0845 e. The van der Waals surface area contributed by atoms with Crippen LogP contribution in [0.25, 0.3) is 21.8 Å². The van der Waals surface area contributed by atoms with Crippen molar-refractivity contribution in [3.63, 3.8) is 0 Å². The van der Waals surface area contributed by atoms with E-state index >= 15 is 0 Å². The molecule has 4 rings (SSSR count). The van der Waals surface area contributed by atoms with Crippen molar-refractivity contribution in [1.29, 1.82) is 0 Å². The molecular formula is C21H26N2O. The quantitative estimate of drug-likeness (QED) is 0.772. The Labute approximate surface area is 143 Å². The first-order valence-electron chi connectivity index (χ1n) is 8.97. The molecule has 1 fully saturated rings. The van der Waals surface area contributed by atoms with Gasteiger partial charge in [-0.3, -0.25) is 0 Å². The molecule has 2 aromatic carbocycles. The summed E-state index contributed by atoms with van der Waals surface area (Å²) in [4.78, 5) is 2.33. The molecule has 1 atom stereocenters. The van der Waals surface area contributed by atoms with Gasteiger partial charge in [0.05, 0.1) is 12.6 Å². The Hall–Kier alpha value is -1.84. The van der Waals surface area contributed by atoms with Gasteiger partial charge in [0.15, 0.2) is 0 Å². The molecule has 1 aliphatic carbocycles. The Kier molecular flexibility index (Phi) is 4.07. The van der Waals surface area contributed by atoms with Gasteiger partial charge in [0.25, 0.3) is 0 Å². The zero-order valence-electron chi connectivity index (χ0n) is 14.5. The average molecular weight is 322 g/mol. The number of likely N-dealkylation sites (N-methyl/N-ethyl adjacent to an activating group) is 1. The van der Waals surface area contributed by atoms with Crippen molar-refractivity contribution < 1.29 is 5.11 Å². The van der Waals surface area contributed by atoms with E-state index in [9.17, 15) is 5.11 Å². The van der Waals surface area contributed by atoms with Gasteiger partial charge in [0, 0.05) is 34.4 Å². The summed E-state index contributed by atoms with van der Waals surface area (Å²) in [5.41, 5.74) is 2.41. The number of fused-ring (bicyclic) bond motifs is 3. The molecule has 1 N–H and O–H groups in total. The van der Waals surface area contributed by atoms with Gasteiger partial charge in [-0.1, -0.05) is 43.3 Å². The zero-order chi connectivity index (χ0) is 16.7. The maximum Gasteiger partial charge on any atom is 0.0845 e. The van der Waals surface area contributed by atoms with E-state index in [4.69, 9.17) is 0 Å². The molecule has 0 saturated heterocycles. The summed E-state index contributed by atoms with van der Waals surface area (Å²) in [6.07, 6.45) is 2.17. The van der Waals surface area contributed by atoms with E-state index < -0.39 is 0 Å². The number of aliphatic hydroxyl groups is 1. The summed E-state index contributed by atoms with van der Waals surface area (Å²) in [6, 6.07) is 17.6. The number of nitrogens with zero attached hydrogens (tertiary/aromatic N) is 2. The predicted molar refractivity (Wildman–Crippen MR) is 100 cm³/mol.